The number of carbonyl (C=O) groups is 1. The molecule has 1 spiro atoms. The number of carbonyl (C=O) groups excluding carboxylic acids is 1. The number of amides is 1. The third-order valence-electron chi connectivity index (χ3n) is 5.07. The molecule has 1 saturated carbocycles. The van der Waals surface area contributed by atoms with Gasteiger partial charge in [0.25, 0.3) is 10.2 Å². The Bertz CT molecular complexity index is 778. The van der Waals surface area contributed by atoms with Gasteiger partial charge in [-0.1, -0.05) is 0 Å². The molecule has 3 heterocycles. The average molecular weight is 375 g/mol. The summed E-state index contributed by atoms with van der Waals surface area (Å²) >= 11 is 0. The summed E-state index contributed by atoms with van der Waals surface area (Å²) in [6.07, 6.45) is 4.36. The standard InChI is InChI=1S/C13H18N6O3S.ClH/c14-23(21,22)18-9-6-13(9)1-3-19(4-2-13)12-8-5-10(20)17-11(8)15-7-16-12;/h7,9,18H,1-6H2,(H2,14,21,22)(H,15,16,17,20);1H. The minimum Gasteiger partial charge on any atom is -0.356 e. The van der Waals surface area contributed by atoms with Gasteiger partial charge in [-0.25, -0.2) is 15.1 Å². The maximum Gasteiger partial charge on any atom is 0.274 e. The zero-order chi connectivity index (χ0) is 16.2. The van der Waals surface area contributed by atoms with Gasteiger partial charge in [-0.15, -0.1) is 12.4 Å². The van der Waals surface area contributed by atoms with Crippen LogP contribution in [0.3, 0.4) is 0 Å². The largest absolute Gasteiger partial charge is 0.356 e. The number of halogens is 1. The lowest BCUT2D eigenvalue weighted by Gasteiger charge is -2.34. The van der Waals surface area contributed by atoms with E-state index < -0.39 is 10.2 Å². The van der Waals surface area contributed by atoms with Gasteiger partial charge in [-0.2, -0.15) is 13.1 Å². The molecule has 0 radical (unpaired) electrons. The Balaban J connectivity index is 0.00000169. The molecule has 4 rings (SSSR count). The summed E-state index contributed by atoms with van der Waals surface area (Å²) in [6, 6.07) is -0.0565. The number of aromatic nitrogens is 2. The molecule has 24 heavy (non-hydrogen) atoms. The fraction of sp³-hybridized carbons (Fsp3) is 0.615. The van der Waals surface area contributed by atoms with E-state index in [1.165, 1.54) is 6.33 Å². The highest BCUT2D eigenvalue weighted by atomic mass is 35.5. The van der Waals surface area contributed by atoms with Crippen LogP contribution in [0, 0.1) is 5.41 Å². The first-order chi connectivity index (χ1) is 10.9. The van der Waals surface area contributed by atoms with Crippen LogP contribution in [0.2, 0.25) is 0 Å². The Morgan fingerprint density at radius 3 is 2.71 bits per heavy atom. The van der Waals surface area contributed by atoms with Crippen LogP contribution in [0.25, 0.3) is 0 Å². The van der Waals surface area contributed by atoms with Crippen LogP contribution in [-0.4, -0.2) is 43.4 Å². The predicted molar refractivity (Wildman–Crippen MR) is 90.1 cm³/mol. The van der Waals surface area contributed by atoms with Crippen molar-refractivity contribution < 1.29 is 13.2 Å². The van der Waals surface area contributed by atoms with Crippen molar-refractivity contribution in [3.63, 3.8) is 0 Å². The molecule has 0 aromatic carbocycles. The molecule has 132 valence electrons. The molecule has 1 saturated heterocycles. The van der Waals surface area contributed by atoms with Gasteiger partial charge in [0.15, 0.2) is 0 Å². The number of anilines is 2. The van der Waals surface area contributed by atoms with Crippen LogP contribution in [0.5, 0.6) is 0 Å². The average Bonchev–Trinajstić information content (AvgIpc) is 2.94. The number of hydrogen-bond acceptors (Lipinski definition) is 6. The van der Waals surface area contributed by atoms with Gasteiger partial charge in [-0.05, 0) is 24.7 Å². The molecule has 0 bridgehead atoms. The lowest BCUT2D eigenvalue weighted by molar-refractivity contribution is -0.115. The summed E-state index contributed by atoms with van der Waals surface area (Å²) in [7, 11) is -3.65. The number of nitrogens with two attached hydrogens (primary N) is 1. The SMILES string of the molecule is Cl.NS(=O)(=O)NC1CC12CCN(c1ncnc3c1CC(=O)N3)CC2. The van der Waals surface area contributed by atoms with Gasteiger partial charge in [-0.3, -0.25) is 4.79 Å². The van der Waals surface area contributed by atoms with E-state index in [1.807, 2.05) is 0 Å². The topological polar surface area (TPSA) is 130 Å². The van der Waals surface area contributed by atoms with Crippen molar-refractivity contribution in [1.29, 1.82) is 0 Å². The van der Waals surface area contributed by atoms with Gasteiger partial charge in [0.1, 0.15) is 18.0 Å². The smallest absolute Gasteiger partial charge is 0.274 e. The second-order valence-electron chi connectivity index (χ2n) is 6.52. The fourth-order valence-corrected chi connectivity index (χ4v) is 4.44. The highest BCUT2D eigenvalue weighted by molar-refractivity contribution is 7.87. The van der Waals surface area contributed by atoms with Crippen LogP contribution in [0.15, 0.2) is 6.33 Å². The van der Waals surface area contributed by atoms with Gasteiger partial charge >= 0.3 is 0 Å². The number of nitrogens with one attached hydrogen (secondary N) is 2. The molecule has 1 aromatic rings. The van der Waals surface area contributed by atoms with Crippen molar-refractivity contribution in [3.8, 4) is 0 Å². The van der Waals surface area contributed by atoms with Crippen molar-refractivity contribution >= 4 is 40.2 Å². The van der Waals surface area contributed by atoms with Gasteiger partial charge < -0.3 is 10.2 Å². The molecule has 3 aliphatic rings. The zero-order valence-corrected chi connectivity index (χ0v) is 14.5. The Morgan fingerprint density at radius 1 is 1.33 bits per heavy atom. The molecule has 1 aromatic heterocycles. The van der Waals surface area contributed by atoms with E-state index in [4.69, 9.17) is 5.14 Å². The minimum atomic E-state index is -3.65. The summed E-state index contributed by atoms with van der Waals surface area (Å²) in [5.74, 6) is 1.34. The molecule has 1 atom stereocenters. The second-order valence-corrected chi connectivity index (χ2v) is 7.84. The summed E-state index contributed by atoms with van der Waals surface area (Å²) in [4.78, 5) is 22.1. The molecule has 1 unspecified atom stereocenters. The van der Waals surface area contributed by atoms with Gasteiger partial charge in [0, 0.05) is 24.7 Å². The van der Waals surface area contributed by atoms with E-state index in [9.17, 15) is 13.2 Å². The van der Waals surface area contributed by atoms with E-state index in [0.717, 1.165) is 43.7 Å². The van der Waals surface area contributed by atoms with Crippen molar-refractivity contribution in [1.82, 2.24) is 14.7 Å². The minimum absolute atomic E-state index is 0. The van der Waals surface area contributed by atoms with E-state index in [0.29, 0.717) is 12.2 Å². The molecule has 2 aliphatic heterocycles. The monoisotopic (exact) mass is 374 g/mol. The number of rotatable bonds is 3. The van der Waals surface area contributed by atoms with Crippen molar-refractivity contribution in [3.05, 3.63) is 11.9 Å². The van der Waals surface area contributed by atoms with E-state index in [-0.39, 0.29) is 29.8 Å². The quantitative estimate of drug-likeness (QED) is 0.656. The molecule has 4 N–H and O–H groups in total. The Kier molecular flexibility index (Phi) is 4.19. The van der Waals surface area contributed by atoms with Gasteiger partial charge in [0.2, 0.25) is 5.91 Å². The lowest BCUT2D eigenvalue weighted by Crippen LogP contribution is -2.41. The first-order valence-electron chi connectivity index (χ1n) is 7.55. The molecule has 1 amide bonds. The first-order valence-corrected chi connectivity index (χ1v) is 9.10. The first kappa shape index (κ1) is 17.3. The molecule has 11 heteroatoms. The van der Waals surface area contributed by atoms with Crippen LogP contribution in [0.4, 0.5) is 11.6 Å². The maximum absolute atomic E-state index is 11.5. The number of piperidine rings is 1. The number of hydrogen-bond donors (Lipinski definition) is 3. The summed E-state index contributed by atoms with van der Waals surface area (Å²) in [5, 5.41) is 7.79. The van der Waals surface area contributed by atoms with Crippen LogP contribution in [0.1, 0.15) is 24.8 Å². The number of fused-ring (bicyclic) bond motifs is 1. The van der Waals surface area contributed by atoms with Crippen LogP contribution >= 0.6 is 12.4 Å². The molecule has 9 nitrogen and oxygen atoms in total. The predicted octanol–water partition coefficient (Wildman–Crippen LogP) is -0.455. The summed E-state index contributed by atoms with van der Waals surface area (Å²) in [5.41, 5.74) is 0.871. The highest BCUT2D eigenvalue weighted by Crippen LogP contribution is 2.54. The lowest BCUT2D eigenvalue weighted by atomic mass is 9.92. The Hall–Kier alpha value is -1.49. The van der Waals surface area contributed by atoms with E-state index in [1.54, 1.807) is 0 Å². The molecule has 1 aliphatic carbocycles. The summed E-state index contributed by atoms with van der Waals surface area (Å²) < 4.78 is 24.8. The summed E-state index contributed by atoms with van der Waals surface area (Å²) in [6.45, 7) is 1.56. The second kappa shape index (κ2) is 5.80. The zero-order valence-electron chi connectivity index (χ0n) is 12.9. The molecular formula is C13H19ClN6O3S. The van der Waals surface area contributed by atoms with E-state index >= 15 is 0 Å². The number of nitrogens with zero attached hydrogens (tertiary/aromatic N) is 3. The van der Waals surface area contributed by atoms with Crippen molar-refractivity contribution in [2.24, 2.45) is 10.6 Å². The Morgan fingerprint density at radius 2 is 2.04 bits per heavy atom. The van der Waals surface area contributed by atoms with Crippen molar-refractivity contribution in [2.75, 3.05) is 23.3 Å². The normalized spacial score (nSPS) is 24.3. The third-order valence-corrected chi connectivity index (χ3v) is 5.69. The van der Waals surface area contributed by atoms with Crippen molar-refractivity contribution in [2.45, 2.75) is 31.7 Å². The third kappa shape index (κ3) is 3.06. The van der Waals surface area contributed by atoms with E-state index in [2.05, 4.69) is 24.9 Å². The highest BCUT2D eigenvalue weighted by Gasteiger charge is 2.56. The maximum atomic E-state index is 11.5. The van der Waals surface area contributed by atoms with Crippen LogP contribution < -0.4 is 20.1 Å². The fourth-order valence-electron chi connectivity index (χ4n) is 3.71. The van der Waals surface area contributed by atoms with Crippen LogP contribution in [-0.2, 0) is 21.4 Å². The Labute approximate surface area is 146 Å². The molecule has 2 fully saturated rings. The molecular weight excluding hydrogens is 356 g/mol. The van der Waals surface area contributed by atoms with Gasteiger partial charge in [0.05, 0.1) is 6.42 Å².